The molecule has 0 bridgehead atoms. The normalized spacial score (nSPS) is 11.0. The van der Waals surface area contributed by atoms with Crippen LogP contribution in [0, 0.1) is 11.6 Å². The second kappa shape index (κ2) is 5.10. The average molecular weight is 302 g/mol. The van der Waals surface area contributed by atoms with Gasteiger partial charge >= 0.3 is 0 Å². The molecule has 0 spiro atoms. The van der Waals surface area contributed by atoms with Gasteiger partial charge in [0.2, 0.25) is 5.91 Å². The largest absolute Gasteiger partial charge is 0.397 e. The van der Waals surface area contributed by atoms with Gasteiger partial charge in [-0.15, -0.1) is 0 Å². The molecule has 3 aromatic rings. The summed E-state index contributed by atoms with van der Waals surface area (Å²) in [5.41, 5.74) is 13.0. The van der Waals surface area contributed by atoms with E-state index in [1.807, 2.05) is 0 Å². The highest BCUT2D eigenvalue weighted by atomic mass is 19.2. The molecule has 7 heteroatoms. The van der Waals surface area contributed by atoms with Crippen LogP contribution in [0.5, 0.6) is 0 Å². The molecule has 0 aliphatic heterocycles. The van der Waals surface area contributed by atoms with Gasteiger partial charge in [0.05, 0.1) is 11.2 Å². The first kappa shape index (κ1) is 14.0. The summed E-state index contributed by atoms with van der Waals surface area (Å²) >= 11 is 0. The molecule has 0 saturated heterocycles. The predicted molar refractivity (Wildman–Crippen MR) is 78.7 cm³/mol. The molecule has 0 unspecified atom stereocenters. The number of aromatic nitrogens is 2. The monoisotopic (exact) mass is 302 g/mol. The minimum absolute atomic E-state index is 0.145. The summed E-state index contributed by atoms with van der Waals surface area (Å²) in [6, 6.07) is 8.51. The van der Waals surface area contributed by atoms with Crippen molar-refractivity contribution in [3.05, 3.63) is 48.0 Å². The van der Waals surface area contributed by atoms with Gasteiger partial charge in [0.25, 0.3) is 0 Å². The van der Waals surface area contributed by atoms with Crippen LogP contribution in [0.4, 0.5) is 14.5 Å². The van der Waals surface area contributed by atoms with Crippen molar-refractivity contribution in [2.45, 2.75) is 6.54 Å². The van der Waals surface area contributed by atoms with E-state index in [4.69, 9.17) is 11.5 Å². The van der Waals surface area contributed by atoms with Crippen LogP contribution in [0.2, 0.25) is 0 Å². The maximum absolute atomic E-state index is 13.5. The number of benzene rings is 2. The van der Waals surface area contributed by atoms with Crippen molar-refractivity contribution in [3.8, 4) is 11.4 Å². The van der Waals surface area contributed by atoms with Gasteiger partial charge < -0.3 is 16.0 Å². The molecule has 1 aromatic heterocycles. The Morgan fingerprint density at radius 2 is 1.95 bits per heavy atom. The first-order valence-corrected chi connectivity index (χ1v) is 6.46. The molecule has 0 aliphatic rings. The number of halogens is 2. The minimum Gasteiger partial charge on any atom is -0.397 e. The first-order chi connectivity index (χ1) is 10.5. The van der Waals surface area contributed by atoms with Crippen molar-refractivity contribution in [1.29, 1.82) is 0 Å². The van der Waals surface area contributed by atoms with Crippen LogP contribution in [-0.4, -0.2) is 15.5 Å². The highest BCUT2D eigenvalue weighted by Gasteiger charge is 2.16. The number of primary amides is 1. The second-order valence-electron chi connectivity index (χ2n) is 4.83. The van der Waals surface area contributed by atoms with E-state index in [-0.39, 0.29) is 6.54 Å². The molecule has 2 aromatic carbocycles. The Bertz CT molecular complexity index is 889. The van der Waals surface area contributed by atoms with E-state index in [9.17, 15) is 13.6 Å². The molecule has 3 rings (SSSR count). The molecule has 0 aliphatic carbocycles. The lowest BCUT2D eigenvalue weighted by Gasteiger charge is -2.07. The fourth-order valence-electron chi connectivity index (χ4n) is 2.34. The highest BCUT2D eigenvalue weighted by molar-refractivity contribution is 5.91. The van der Waals surface area contributed by atoms with E-state index in [0.717, 1.165) is 12.1 Å². The van der Waals surface area contributed by atoms with Crippen LogP contribution >= 0.6 is 0 Å². The van der Waals surface area contributed by atoms with Gasteiger partial charge in [-0.05, 0) is 30.3 Å². The summed E-state index contributed by atoms with van der Waals surface area (Å²) in [5, 5.41) is 0. The summed E-state index contributed by atoms with van der Waals surface area (Å²) < 4.78 is 28.1. The van der Waals surface area contributed by atoms with Crippen molar-refractivity contribution in [2.24, 2.45) is 5.73 Å². The molecule has 0 fully saturated rings. The minimum atomic E-state index is -0.997. The van der Waals surface area contributed by atoms with E-state index < -0.39 is 17.5 Å². The number of anilines is 1. The van der Waals surface area contributed by atoms with Gasteiger partial charge in [0.1, 0.15) is 17.9 Å². The summed E-state index contributed by atoms with van der Waals surface area (Å²) in [4.78, 5) is 15.7. The summed E-state index contributed by atoms with van der Waals surface area (Å²) in [6.45, 7) is -0.145. The standard InChI is InChI=1S/C15H12F2N4O/c16-9-5-4-8(6-10(9)17)15-20-14-11(18)2-1-3-12(14)21(15)7-13(19)22/h1-6H,7,18H2,(H2,19,22). The van der Waals surface area contributed by atoms with Crippen LogP contribution in [-0.2, 0) is 11.3 Å². The SMILES string of the molecule is NC(=O)Cn1c(-c2ccc(F)c(F)c2)nc2c(N)cccc21. The third-order valence-corrected chi connectivity index (χ3v) is 3.30. The molecule has 0 radical (unpaired) electrons. The lowest BCUT2D eigenvalue weighted by atomic mass is 10.2. The van der Waals surface area contributed by atoms with Crippen molar-refractivity contribution in [1.82, 2.24) is 9.55 Å². The molecule has 1 amide bonds. The number of para-hydroxylation sites is 1. The predicted octanol–water partition coefficient (Wildman–Crippen LogP) is 2.05. The lowest BCUT2D eigenvalue weighted by Crippen LogP contribution is -2.19. The summed E-state index contributed by atoms with van der Waals surface area (Å²) in [5.74, 6) is -2.24. The zero-order valence-electron chi connectivity index (χ0n) is 11.4. The molecule has 112 valence electrons. The van der Waals surface area contributed by atoms with E-state index in [2.05, 4.69) is 4.98 Å². The maximum atomic E-state index is 13.5. The number of fused-ring (bicyclic) bond motifs is 1. The number of amides is 1. The summed E-state index contributed by atoms with van der Waals surface area (Å²) in [7, 11) is 0. The van der Waals surface area contributed by atoms with Crippen LogP contribution in [0.15, 0.2) is 36.4 Å². The average Bonchev–Trinajstić information content (AvgIpc) is 2.82. The van der Waals surface area contributed by atoms with Crippen molar-refractivity contribution in [2.75, 3.05) is 5.73 Å². The van der Waals surface area contributed by atoms with Crippen molar-refractivity contribution >= 4 is 22.6 Å². The number of nitrogens with two attached hydrogens (primary N) is 2. The van der Waals surface area contributed by atoms with Crippen LogP contribution < -0.4 is 11.5 Å². The van der Waals surface area contributed by atoms with E-state index in [1.54, 1.807) is 18.2 Å². The fraction of sp³-hybridized carbons (Fsp3) is 0.0667. The quantitative estimate of drug-likeness (QED) is 0.726. The Hall–Kier alpha value is -2.96. The van der Waals surface area contributed by atoms with Gasteiger partial charge in [-0.2, -0.15) is 0 Å². The van der Waals surface area contributed by atoms with E-state index in [1.165, 1.54) is 10.6 Å². The number of carbonyl (C=O) groups is 1. The van der Waals surface area contributed by atoms with Crippen LogP contribution in [0.1, 0.15) is 0 Å². The molecule has 4 N–H and O–H groups in total. The van der Waals surface area contributed by atoms with Gasteiger partial charge in [-0.3, -0.25) is 4.79 Å². The Morgan fingerprint density at radius 1 is 1.18 bits per heavy atom. The Kier molecular flexibility index (Phi) is 3.25. The van der Waals surface area contributed by atoms with E-state index in [0.29, 0.717) is 28.1 Å². The zero-order chi connectivity index (χ0) is 15.9. The van der Waals surface area contributed by atoms with Gasteiger partial charge in [-0.25, -0.2) is 13.8 Å². The molecule has 0 atom stereocenters. The second-order valence-corrected chi connectivity index (χ2v) is 4.83. The molecular weight excluding hydrogens is 290 g/mol. The van der Waals surface area contributed by atoms with Crippen LogP contribution in [0.25, 0.3) is 22.4 Å². The van der Waals surface area contributed by atoms with Gasteiger partial charge in [0.15, 0.2) is 11.6 Å². The number of imidazole rings is 1. The Labute approximate surface area is 124 Å². The third-order valence-electron chi connectivity index (χ3n) is 3.30. The number of carbonyl (C=O) groups excluding carboxylic acids is 1. The maximum Gasteiger partial charge on any atom is 0.237 e. The topological polar surface area (TPSA) is 86.9 Å². The Balaban J connectivity index is 2.29. The summed E-state index contributed by atoms with van der Waals surface area (Å²) in [6.07, 6.45) is 0. The van der Waals surface area contributed by atoms with Crippen molar-refractivity contribution in [3.63, 3.8) is 0 Å². The fourth-order valence-corrected chi connectivity index (χ4v) is 2.34. The number of hydrogen-bond acceptors (Lipinski definition) is 3. The Morgan fingerprint density at radius 3 is 2.64 bits per heavy atom. The van der Waals surface area contributed by atoms with Crippen LogP contribution in [0.3, 0.4) is 0 Å². The third kappa shape index (κ3) is 2.26. The smallest absolute Gasteiger partial charge is 0.237 e. The van der Waals surface area contributed by atoms with Gasteiger partial charge in [-0.1, -0.05) is 6.07 Å². The first-order valence-electron chi connectivity index (χ1n) is 6.46. The number of nitrogen functional groups attached to an aromatic ring is 1. The van der Waals surface area contributed by atoms with Crippen molar-refractivity contribution < 1.29 is 13.6 Å². The van der Waals surface area contributed by atoms with E-state index >= 15 is 0 Å². The molecule has 22 heavy (non-hydrogen) atoms. The zero-order valence-corrected chi connectivity index (χ0v) is 11.4. The molecular formula is C15H12F2N4O. The van der Waals surface area contributed by atoms with Gasteiger partial charge in [0, 0.05) is 5.56 Å². The molecule has 0 saturated carbocycles. The lowest BCUT2D eigenvalue weighted by molar-refractivity contribution is -0.118. The number of rotatable bonds is 3. The molecule has 5 nitrogen and oxygen atoms in total. The number of hydrogen-bond donors (Lipinski definition) is 2. The number of nitrogens with zero attached hydrogens (tertiary/aromatic N) is 2. The molecule has 1 heterocycles. The highest BCUT2D eigenvalue weighted by Crippen LogP contribution is 2.28.